The van der Waals surface area contributed by atoms with E-state index in [2.05, 4.69) is 6.07 Å². The molecule has 0 aromatic carbocycles. The van der Waals surface area contributed by atoms with Gasteiger partial charge in [0.15, 0.2) is 0 Å². The Kier molecular flexibility index (Phi) is 17.0. The van der Waals surface area contributed by atoms with Gasteiger partial charge in [0.25, 0.3) is 0 Å². The number of hydrogen-bond acceptors (Lipinski definition) is 1. The van der Waals surface area contributed by atoms with Crippen LogP contribution in [0.25, 0.3) is 0 Å². The Morgan fingerprint density at radius 3 is 1.33 bits per heavy atom. The number of nitriles is 1. The highest BCUT2D eigenvalue weighted by molar-refractivity contribution is 4.67. The zero-order valence-electron chi connectivity index (χ0n) is 14.2. The average molecular weight is 298 g/mol. The normalized spacial score (nSPS) is 12.2. The van der Waals surface area contributed by atoms with Gasteiger partial charge in [0.1, 0.15) is 0 Å². The molecule has 1 nitrogen and oxygen atoms in total. The summed E-state index contributed by atoms with van der Waals surface area (Å²) < 4.78 is 12.6. The van der Waals surface area contributed by atoms with Gasteiger partial charge in [-0.1, -0.05) is 83.5 Å². The van der Waals surface area contributed by atoms with Crippen LogP contribution in [0.15, 0.2) is 0 Å². The van der Waals surface area contributed by atoms with E-state index in [1.807, 2.05) is 0 Å². The van der Waals surface area contributed by atoms with Crippen LogP contribution in [0, 0.1) is 11.3 Å². The van der Waals surface area contributed by atoms with Crippen molar-refractivity contribution < 1.29 is 4.39 Å². The molecule has 124 valence electrons. The average Bonchev–Trinajstić information content (AvgIpc) is 2.46. The van der Waals surface area contributed by atoms with Gasteiger partial charge in [-0.15, -0.1) is 0 Å². The Labute approximate surface area is 132 Å². The summed E-state index contributed by atoms with van der Waals surface area (Å²) in [5.74, 6) is 0. The molecule has 0 saturated heterocycles. The summed E-state index contributed by atoms with van der Waals surface area (Å²) >= 11 is 0. The summed E-state index contributed by atoms with van der Waals surface area (Å²) in [6.45, 7) is 1.66. The van der Waals surface area contributed by atoms with Crippen molar-refractivity contribution in [2.24, 2.45) is 0 Å². The Balaban J connectivity index is 2.95. The van der Waals surface area contributed by atoms with Gasteiger partial charge in [-0.25, -0.2) is 4.39 Å². The molecule has 0 aromatic heterocycles. The van der Waals surface area contributed by atoms with Crippen molar-refractivity contribution >= 4 is 0 Å². The van der Waals surface area contributed by atoms with Gasteiger partial charge in [0.2, 0.25) is 0 Å². The Morgan fingerprint density at radius 1 is 0.667 bits per heavy atom. The van der Waals surface area contributed by atoms with Crippen molar-refractivity contribution in [2.45, 2.75) is 116 Å². The van der Waals surface area contributed by atoms with Crippen LogP contribution in [0.4, 0.5) is 4.39 Å². The van der Waals surface area contributed by atoms with Crippen LogP contribution in [0.5, 0.6) is 0 Å². The molecule has 0 amide bonds. The predicted molar refractivity (Wildman–Crippen MR) is 90.1 cm³/mol. The summed E-state index contributed by atoms with van der Waals surface area (Å²) in [5, 5.41) is 8.43. The van der Waals surface area contributed by atoms with Crippen LogP contribution in [0.2, 0.25) is 0 Å². The summed E-state index contributed by atoms with van der Waals surface area (Å²) in [7, 11) is 0. The maximum Gasteiger partial charge on any atom is 0.0973 e. The molecule has 0 rings (SSSR count). The van der Waals surface area contributed by atoms with Gasteiger partial charge in [0, 0.05) is 6.42 Å². The molecular formula is C19H36FN. The number of alkyl halides is 1. The van der Waals surface area contributed by atoms with Gasteiger partial charge in [-0.3, -0.25) is 0 Å². The Morgan fingerprint density at radius 2 is 1.00 bits per heavy atom. The molecule has 0 bridgehead atoms. The first-order valence-electron chi connectivity index (χ1n) is 9.28. The van der Waals surface area contributed by atoms with Gasteiger partial charge < -0.3 is 0 Å². The lowest BCUT2D eigenvalue weighted by atomic mass is 10.0. The van der Waals surface area contributed by atoms with Crippen molar-refractivity contribution in [1.82, 2.24) is 0 Å². The molecule has 0 spiro atoms. The minimum Gasteiger partial charge on any atom is -0.248 e. The fourth-order valence-electron chi connectivity index (χ4n) is 2.75. The molecule has 0 aromatic rings. The third-order valence-corrected chi connectivity index (χ3v) is 4.14. The highest BCUT2D eigenvalue weighted by Gasteiger charge is 1.97. The van der Waals surface area contributed by atoms with Crippen LogP contribution < -0.4 is 0 Å². The molecule has 0 aliphatic heterocycles. The quantitative estimate of drug-likeness (QED) is 0.278. The van der Waals surface area contributed by atoms with E-state index in [0.29, 0.717) is 0 Å². The van der Waals surface area contributed by atoms with Crippen molar-refractivity contribution in [3.63, 3.8) is 0 Å². The first-order chi connectivity index (χ1) is 10.3. The van der Waals surface area contributed by atoms with E-state index in [0.717, 1.165) is 25.7 Å². The lowest BCUT2D eigenvalue weighted by Crippen LogP contribution is -1.91. The number of nitrogens with zero attached hydrogens (tertiary/aromatic N) is 1. The summed E-state index contributed by atoms with van der Waals surface area (Å²) in [4.78, 5) is 0. The maximum absolute atomic E-state index is 12.6. The second kappa shape index (κ2) is 17.5. The highest BCUT2D eigenvalue weighted by atomic mass is 19.1. The molecule has 0 heterocycles. The smallest absolute Gasteiger partial charge is 0.0973 e. The van der Waals surface area contributed by atoms with Gasteiger partial charge in [-0.2, -0.15) is 5.26 Å². The first-order valence-corrected chi connectivity index (χ1v) is 9.28. The zero-order chi connectivity index (χ0) is 15.6. The summed E-state index contributed by atoms with van der Waals surface area (Å²) in [6, 6.07) is 2.20. The van der Waals surface area contributed by atoms with E-state index in [9.17, 15) is 4.39 Å². The maximum atomic E-state index is 12.6. The van der Waals surface area contributed by atoms with E-state index in [1.54, 1.807) is 6.92 Å². The third-order valence-electron chi connectivity index (χ3n) is 4.14. The van der Waals surface area contributed by atoms with E-state index >= 15 is 0 Å². The van der Waals surface area contributed by atoms with Gasteiger partial charge in [-0.05, 0) is 19.8 Å². The third kappa shape index (κ3) is 19.4. The minimum absolute atomic E-state index is 0.614. The molecule has 1 atom stereocenters. The van der Waals surface area contributed by atoms with Crippen LogP contribution in [0.1, 0.15) is 110 Å². The molecule has 0 N–H and O–H groups in total. The molecule has 0 saturated carbocycles. The van der Waals surface area contributed by atoms with Crippen LogP contribution in [-0.4, -0.2) is 6.17 Å². The van der Waals surface area contributed by atoms with E-state index < -0.39 is 6.17 Å². The topological polar surface area (TPSA) is 23.8 Å². The van der Waals surface area contributed by atoms with Crippen LogP contribution in [-0.2, 0) is 0 Å². The molecule has 1 unspecified atom stereocenters. The largest absolute Gasteiger partial charge is 0.248 e. The number of hydrogen-bond donors (Lipinski definition) is 0. The predicted octanol–water partition coefficient (Wildman–Crippen LogP) is 7.11. The van der Waals surface area contributed by atoms with Crippen molar-refractivity contribution in [3.05, 3.63) is 0 Å². The molecule has 21 heavy (non-hydrogen) atoms. The molecule has 2 heteroatoms. The molecule has 0 aliphatic carbocycles. The monoisotopic (exact) mass is 297 g/mol. The fourth-order valence-corrected chi connectivity index (χ4v) is 2.75. The molecule has 0 radical (unpaired) electrons. The second-order valence-corrected chi connectivity index (χ2v) is 6.43. The molecular weight excluding hydrogens is 261 g/mol. The van der Waals surface area contributed by atoms with Crippen LogP contribution in [0.3, 0.4) is 0 Å². The van der Waals surface area contributed by atoms with E-state index in [1.165, 1.54) is 77.0 Å². The molecule has 0 fully saturated rings. The summed E-state index contributed by atoms with van der Waals surface area (Å²) in [5.41, 5.74) is 0. The van der Waals surface area contributed by atoms with Crippen LogP contribution >= 0.6 is 0 Å². The molecule has 0 aliphatic rings. The zero-order valence-corrected chi connectivity index (χ0v) is 14.2. The standard InChI is InChI=1S/C19H36FN/c1-19(20)17-15-13-11-9-7-5-3-2-4-6-8-10-12-14-16-18-21/h19H,2-17H2,1H3. The first kappa shape index (κ1) is 20.4. The van der Waals surface area contributed by atoms with Crippen molar-refractivity contribution in [1.29, 1.82) is 5.26 Å². The van der Waals surface area contributed by atoms with Crippen molar-refractivity contribution in [2.75, 3.05) is 0 Å². The van der Waals surface area contributed by atoms with Crippen molar-refractivity contribution in [3.8, 4) is 6.07 Å². The van der Waals surface area contributed by atoms with Gasteiger partial charge in [0.05, 0.1) is 12.2 Å². The van der Waals surface area contributed by atoms with Gasteiger partial charge >= 0.3 is 0 Å². The Bertz CT molecular complexity index is 232. The van der Waals surface area contributed by atoms with E-state index in [-0.39, 0.29) is 0 Å². The highest BCUT2D eigenvalue weighted by Crippen LogP contribution is 2.14. The fraction of sp³-hybridized carbons (Fsp3) is 0.947. The lowest BCUT2D eigenvalue weighted by molar-refractivity contribution is 0.329. The lowest BCUT2D eigenvalue weighted by Gasteiger charge is -2.03. The second-order valence-electron chi connectivity index (χ2n) is 6.43. The number of halogens is 1. The number of unbranched alkanes of at least 4 members (excludes halogenated alkanes) is 14. The minimum atomic E-state index is -0.614. The Hall–Kier alpha value is -0.580. The van der Waals surface area contributed by atoms with E-state index in [4.69, 9.17) is 5.26 Å². The summed E-state index contributed by atoms with van der Waals surface area (Å²) in [6.07, 6.45) is 19.0. The number of rotatable bonds is 16. The SMILES string of the molecule is CC(F)CCCCCCCCCCCCCCCCC#N.